The molecule has 1 aromatic rings. The highest BCUT2D eigenvalue weighted by atomic mass is 35.5. The molecular formula is C14H16ClNO2. The van der Waals surface area contributed by atoms with Crippen LogP contribution in [0, 0.1) is 0 Å². The van der Waals surface area contributed by atoms with Crippen molar-refractivity contribution in [3.8, 4) is 5.75 Å². The highest BCUT2D eigenvalue weighted by molar-refractivity contribution is 6.30. The predicted octanol–water partition coefficient (Wildman–Crippen LogP) is 2.92. The van der Waals surface area contributed by atoms with Gasteiger partial charge in [0.25, 0.3) is 5.91 Å². The van der Waals surface area contributed by atoms with E-state index in [1.165, 1.54) is 0 Å². The van der Waals surface area contributed by atoms with E-state index in [1.54, 1.807) is 41.3 Å². The van der Waals surface area contributed by atoms with Crippen molar-refractivity contribution in [3.63, 3.8) is 0 Å². The summed E-state index contributed by atoms with van der Waals surface area (Å²) in [4.78, 5) is 13.5. The van der Waals surface area contributed by atoms with Crippen LogP contribution in [0.2, 0.25) is 5.02 Å². The van der Waals surface area contributed by atoms with Crippen molar-refractivity contribution in [2.24, 2.45) is 0 Å². The van der Waals surface area contributed by atoms with E-state index in [9.17, 15) is 4.79 Å². The summed E-state index contributed by atoms with van der Waals surface area (Å²) in [6.45, 7) is 8.14. The van der Waals surface area contributed by atoms with E-state index >= 15 is 0 Å². The fraction of sp³-hybridized carbons (Fsp3) is 0.214. The van der Waals surface area contributed by atoms with Crippen molar-refractivity contribution in [2.75, 3.05) is 19.7 Å². The zero-order valence-corrected chi connectivity index (χ0v) is 10.9. The van der Waals surface area contributed by atoms with Gasteiger partial charge in [0.05, 0.1) is 0 Å². The molecule has 1 rings (SSSR count). The van der Waals surface area contributed by atoms with Crippen molar-refractivity contribution < 1.29 is 9.53 Å². The number of nitrogens with zero attached hydrogens (tertiary/aromatic N) is 1. The van der Waals surface area contributed by atoms with E-state index in [1.807, 2.05) is 0 Å². The van der Waals surface area contributed by atoms with Crippen LogP contribution in [0.5, 0.6) is 5.75 Å². The van der Waals surface area contributed by atoms with E-state index in [-0.39, 0.29) is 12.5 Å². The molecule has 3 nitrogen and oxygen atoms in total. The van der Waals surface area contributed by atoms with Gasteiger partial charge >= 0.3 is 0 Å². The van der Waals surface area contributed by atoms with E-state index in [0.29, 0.717) is 23.9 Å². The summed E-state index contributed by atoms with van der Waals surface area (Å²) in [5.41, 5.74) is 0. The average Bonchev–Trinajstić information content (AvgIpc) is 2.36. The number of halogens is 1. The molecule has 0 atom stereocenters. The van der Waals surface area contributed by atoms with Gasteiger partial charge < -0.3 is 9.64 Å². The average molecular weight is 266 g/mol. The molecule has 0 spiro atoms. The molecule has 0 aliphatic carbocycles. The Bertz CT molecular complexity index is 422. The molecule has 0 bridgehead atoms. The Morgan fingerprint density at radius 2 is 2.00 bits per heavy atom. The number of hydrogen-bond acceptors (Lipinski definition) is 2. The molecule has 0 unspecified atom stereocenters. The van der Waals surface area contributed by atoms with Gasteiger partial charge in [-0.25, -0.2) is 0 Å². The van der Waals surface area contributed by atoms with Gasteiger partial charge in [0, 0.05) is 18.1 Å². The van der Waals surface area contributed by atoms with Crippen LogP contribution >= 0.6 is 11.6 Å². The fourth-order valence-electron chi connectivity index (χ4n) is 1.38. The summed E-state index contributed by atoms with van der Waals surface area (Å²) in [5.74, 6) is 0.461. The summed E-state index contributed by atoms with van der Waals surface area (Å²) < 4.78 is 5.38. The largest absolute Gasteiger partial charge is 0.484 e. The maximum Gasteiger partial charge on any atom is 0.261 e. The molecule has 0 heterocycles. The Kier molecular flexibility index (Phi) is 6.01. The molecular weight excluding hydrogens is 250 g/mol. The normalized spacial score (nSPS) is 9.61. The van der Waals surface area contributed by atoms with Gasteiger partial charge in [0.15, 0.2) is 6.61 Å². The number of benzene rings is 1. The third-order valence-electron chi connectivity index (χ3n) is 2.21. The predicted molar refractivity (Wildman–Crippen MR) is 73.9 cm³/mol. The summed E-state index contributed by atoms with van der Waals surface area (Å²) in [7, 11) is 0. The Balaban J connectivity index is 2.53. The Morgan fingerprint density at radius 3 is 2.56 bits per heavy atom. The minimum Gasteiger partial charge on any atom is -0.484 e. The van der Waals surface area contributed by atoms with Gasteiger partial charge in [-0.05, 0) is 18.2 Å². The lowest BCUT2D eigenvalue weighted by atomic mass is 10.3. The van der Waals surface area contributed by atoms with Crippen molar-refractivity contribution >= 4 is 17.5 Å². The van der Waals surface area contributed by atoms with Crippen LogP contribution in [0.15, 0.2) is 49.6 Å². The van der Waals surface area contributed by atoms with Crippen LogP contribution in [-0.4, -0.2) is 30.5 Å². The molecule has 0 aliphatic heterocycles. The number of amides is 1. The Hall–Kier alpha value is -1.74. The van der Waals surface area contributed by atoms with E-state index < -0.39 is 0 Å². The minimum absolute atomic E-state index is 0.0258. The van der Waals surface area contributed by atoms with E-state index in [4.69, 9.17) is 16.3 Å². The van der Waals surface area contributed by atoms with Gasteiger partial charge in [-0.15, -0.1) is 13.2 Å². The monoisotopic (exact) mass is 265 g/mol. The second-order valence-electron chi connectivity index (χ2n) is 3.62. The number of ether oxygens (including phenoxy) is 1. The lowest BCUT2D eigenvalue weighted by Gasteiger charge is -2.19. The number of rotatable bonds is 7. The van der Waals surface area contributed by atoms with Crippen LogP contribution in [0.25, 0.3) is 0 Å². The Morgan fingerprint density at radius 1 is 1.33 bits per heavy atom. The first-order valence-corrected chi connectivity index (χ1v) is 5.93. The summed E-state index contributed by atoms with van der Waals surface area (Å²) in [6.07, 6.45) is 3.33. The summed E-state index contributed by atoms with van der Waals surface area (Å²) >= 11 is 5.82. The van der Waals surface area contributed by atoms with Gasteiger partial charge in [0.2, 0.25) is 0 Å². The van der Waals surface area contributed by atoms with Gasteiger partial charge in [-0.1, -0.05) is 29.8 Å². The molecule has 4 heteroatoms. The molecule has 18 heavy (non-hydrogen) atoms. The number of carbonyl (C=O) groups is 1. The molecule has 0 saturated carbocycles. The molecule has 0 saturated heterocycles. The lowest BCUT2D eigenvalue weighted by molar-refractivity contribution is -0.132. The first-order valence-electron chi connectivity index (χ1n) is 5.55. The van der Waals surface area contributed by atoms with Crippen molar-refractivity contribution in [2.45, 2.75) is 0 Å². The highest BCUT2D eigenvalue weighted by Crippen LogP contribution is 2.17. The zero-order valence-electron chi connectivity index (χ0n) is 10.1. The van der Waals surface area contributed by atoms with Crippen LogP contribution < -0.4 is 4.74 Å². The zero-order chi connectivity index (χ0) is 13.4. The van der Waals surface area contributed by atoms with Crippen LogP contribution in [0.3, 0.4) is 0 Å². The summed E-state index contributed by atoms with van der Waals surface area (Å²) in [5, 5.41) is 0.578. The summed E-state index contributed by atoms with van der Waals surface area (Å²) in [6, 6.07) is 6.94. The van der Waals surface area contributed by atoms with Crippen LogP contribution in [0.4, 0.5) is 0 Å². The van der Waals surface area contributed by atoms with E-state index in [0.717, 1.165) is 0 Å². The fourth-order valence-corrected chi connectivity index (χ4v) is 1.56. The standard InChI is InChI=1S/C14H16ClNO2/c1-3-8-16(9-4-2)14(17)11-18-13-7-5-6-12(15)10-13/h3-7,10H,1-2,8-9,11H2. The smallest absolute Gasteiger partial charge is 0.261 e. The molecule has 1 amide bonds. The highest BCUT2D eigenvalue weighted by Gasteiger charge is 2.11. The molecule has 1 aromatic carbocycles. The minimum atomic E-state index is -0.116. The Labute approximate surface area is 112 Å². The van der Waals surface area contributed by atoms with Gasteiger partial charge in [0.1, 0.15) is 5.75 Å². The molecule has 96 valence electrons. The SMILES string of the molecule is C=CCN(CC=C)C(=O)COc1cccc(Cl)c1. The number of hydrogen-bond donors (Lipinski definition) is 0. The third kappa shape index (κ3) is 4.63. The van der Waals surface area contributed by atoms with Gasteiger partial charge in [-0.3, -0.25) is 4.79 Å². The van der Waals surface area contributed by atoms with Crippen molar-refractivity contribution in [3.05, 3.63) is 54.6 Å². The molecule has 0 N–H and O–H groups in total. The van der Waals surface area contributed by atoms with Crippen molar-refractivity contribution in [1.29, 1.82) is 0 Å². The van der Waals surface area contributed by atoms with Crippen LogP contribution in [-0.2, 0) is 4.79 Å². The first-order chi connectivity index (χ1) is 8.67. The van der Waals surface area contributed by atoms with Crippen LogP contribution in [0.1, 0.15) is 0 Å². The molecule has 0 aliphatic rings. The second kappa shape index (κ2) is 7.56. The third-order valence-corrected chi connectivity index (χ3v) is 2.45. The topological polar surface area (TPSA) is 29.5 Å². The maximum atomic E-state index is 11.9. The quantitative estimate of drug-likeness (QED) is 0.710. The number of carbonyl (C=O) groups excluding carboxylic acids is 1. The molecule has 0 radical (unpaired) electrons. The van der Waals surface area contributed by atoms with E-state index in [2.05, 4.69) is 13.2 Å². The van der Waals surface area contributed by atoms with Crippen molar-refractivity contribution in [1.82, 2.24) is 4.90 Å². The molecule has 0 aromatic heterocycles. The maximum absolute atomic E-state index is 11.9. The first kappa shape index (κ1) is 14.3. The molecule has 0 fully saturated rings. The second-order valence-corrected chi connectivity index (χ2v) is 4.06. The lowest BCUT2D eigenvalue weighted by Crippen LogP contribution is -2.35. The van der Waals surface area contributed by atoms with Gasteiger partial charge in [-0.2, -0.15) is 0 Å².